The summed E-state index contributed by atoms with van der Waals surface area (Å²) in [4.78, 5) is 0. The van der Waals surface area contributed by atoms with Crippen molar-refractivity contribution in [3.8, 4) is 6.07 Å². The molecule has 0 aromatic heterocycles. The Hall–Kier alpha value is -0.0100. The molecule has 0 spiro atoms. The Labute approximate surface area is 79.1 Å². The van der Waals surface area contributed by atoms with Crippen LogP contribution in [0.5, 0.6) is 0 Å². The van der Waals surface area contributed by atoms with Crippen molar-refractivity contribution in [1.29, 1.82) is 5.26 Å². The standard InChI is InChI=1S/C7H7ClF2NS/c1-6(4-11,7(8,9)10)5-2-12-3-5/h5H,1-3H2. The van der Waals surface area contributed by atoms with E-state index in [1.807, 2.05) is 0 Å². The van der Waals surface area contributed by atoms with Crippen LogP contribution < -0.4 is 0 Å². The molecule has 1 heterocycles. The highest BCUT2D eigenvalue weighted by molar-refractivity contribution is 8.00. The van der Waals surface area contributed by atoms with E-state index in [4.69, 9.17) is 16.9 Å². The smallest absolute Gasteiger partial charge is 0.197 e. The molecule has 67 valence electrons. The Morgan fingerprint density at radius 1 is 1.58 bits per heavy atom. The highest BCUT2D eigenvalue weighted by Gasteiger charge is 2.56. The fourth-order valence-electron chi connectivity index (χ4n) is 0.906. The van der Waals surface area contributed by atoms with Gasteiger partial charge in [0.25, 0.3) is 0 Å². The number of alkyl halides is 3. The van der Waals surface area contributed by atoms with Crippen molar-refractivity contribution in [1.82, 2.24) is 0 Å². The van der Waals surface area contributed by atoms with Gasteiger partial charge in [-0.1, -0.05) is 0 Å². The summed E-state index contributed by atoms with van der Waals surface area (Å²) in [6.07, 6.45) is 0. The molecule has 1 radical (unpaired) electrons. The van der Waals surface area contributed by atoms with Gasteiger partial charge in [0.1, 0.15) is 5.41 Å². The Balaban J connectivity index is 2.83. The van der Waals surface area contributed by atoms with Crippen LogP contribution in [0.3, 0.4) is 0 Å². The van der Waals surface area contributed by atoms with Crippen LogP contribution in [0.2, 0.25) is 0 Å². The Kier molecular flexibility index (Phi) is 2.55. The second-order valence-corrected chi connectivity index (χ2v) is 4.36. The van der Waals surface area contributed by atoms with Crippen LogP contribution in [0.4, 0.5) is 8.78 Å². The first-order valence-electron chi connectivity index (χ1n) is 3.33. The summed E-state index contributed by atoms with van der Waals surface area (Å²) >= 11 is 6.34. The van der Waals surface area contributed by atoms with Crippen LogP contribution in [0.25, 0.3) is 0 Å². The summed E-state index contributed by atoms with van der Waals surface area (Å²) in [7, 11) is 0. The maximum absolute atomic E-state index is 12.7. The monoisotopic (exact) mass is 210 g/mol. The largest absolute Gasteiger partial charge is 0.340 e. The topological polar surface area (TPSA) is 23.8 Å². The predicted molar refractivity (Wildman–Crippen MR) is 45.0 cm³/mol. The molecule has 1 unspecified atom stereocenters. The zero-order valence-corrected chi connectivity index (χ0v) is 7.76. The van der Waals surface area contributed by atoms with E-state index in [2.05, 4.69) is 6.92 Å². The molecule has 0 saturated carbocycles. The Morgan fingerprint density at radius 2 is 2.08 bits per heavy atom. The van der Waals surface area contributed by atoms with Gasteiger partial charge in [0.05, 0.1) is 6.07 Å². The summed E-state index contributed by atoms with van der Waals surface area (Å²) in [5.41, 5.74) is -1.96. The average Bonchev–Trinajstić information content (AvgIpc) is 1.81. The van der Waals surface area contributed by atoms with Crippen molar-refractivity contribution in [3.63, 3.8) is 0 Å². The van der Waals surface area contributed by atoms with Crippen LogP contribution in [0, 0.1) is 29.6 Å². The first-order valence-corrected chi connectivity index (χ1v) is 4.86. The molecular weight excluding hydrogens is 204 g/mol. The highest BCUT2D eigenvalue weighted by atomic mass is 35.5. The third-order valence-electron chi connectivity index (χ3n) is 2.04. The second-order valence-electron chi connectivity index (χ2n) is 2.82. The minimum atomic E-state index is -3.53. The summed E-state index contributed by atoms with van der Waals surface area (Å²) < 4.78 is 25.4. The van der Waals surface area contributed by atoms with Crippen LogP contribution in [-0.4, -0.2) is 16.9 Å². The molecule has 1 atom stereocenters. The van der Waals surface area contributed by atoms with Crippen LogP contribution in [0.1, 0.15) is 0 Å². The van der Waals surface area contributed by atoms with Gasteiger partial charge in [0.2, 0.25) is 0 Å². The van der Waals surface area contributed by atoms with Crippen molar-refractivity contribution in [2.24, 2.45) is 11.3 Å². The molecule has 0 aromatic carbocycles. The van der Waals surface area contributed by atoms with Gasteiger partial charge in [-0.3, -0.25) is 0 Å². The van der Waals surface area contributed by atoms with E-state index in [9.17, 15) is 8.78 Å². The average molecular weight is 211 g/mol. The first-order chi connectivity index (χ1) is 5.42. The van der Waals surface area contributed by atoms with E-state index in [1.165, 1.54) is 17.8 Å². The van der Waals surface area contributed by atoms with Gasteiger partial charge in [-0.05, 0) is 30.0 Å². The third kappa shape index (κ3) is 1.40. The molecule has 5 heteroatoms. The predicted octanol–water partition coefficient (Wildman–Crippen LogP) is 2.53. The van der Waals surface area contributed by atoms with Gasteiger partial charge < -0.3 is 0 Å². The lowest BCUT2D eigenvalue weighted by Gasteiger charge is -2.39. The summed E-state index contributed by atoms with van der Waals surface area (Å²) in [5, 5.41) is 5.04. The van der Waals surface area contributed by atoms with Crippen LogP contribution in [-0.2, 0) is 0 Å². The molecule has 1 rings (SSSR count). The van der Waals surface area contributed by atoms with Gasteiger partial charge in [-0.25, -0.2) is 0 Å². The molecule has 0 aromatic rings. The maximum atomic E-state index is 12.7. The van der Waals surface area contributed by atoms with Crippen molar-refractivity contribution in [3.05, 3.63) is 6.92 Å². The maximum Gasteiger partial charge on any atom is 0.340 e. The van der Waals surface area contributed by atoms with E-state index >= 15 is 0 Å². The molecule has 1 aliphatic heterocycles. The molecule has 1 nitrogen and oxygen atoms in total. The highest BCUT2D eigenvalue weighted by Crippen LogP contribution is 2.50. The number of nitrogens with zero attached hydrogens (tertiary/aromatic N) is 1. The van der Waals surface area contributed by atoms with E-state index in [-0.39, 0.29) is 5.92 Å². The minimum Gasteiger partial charge on any atom is -0.197 e. The first kappa shape index (κ1) is 10.1. The van der Waals surface area contributed by atoms with E-state index < -0.39 is 10.8 Å². The second kappa shape index (κ2) is 3.04. The summed E-state index contributed by atoms with van der Waals surface area (Å²) in [6, 6.07) is 1.51. The molecule has 0 aliphatic carbocycles. The zero-order valence-electron chi connectivity index (χ0n) is 6.19. The number of hydrogen-bond donors (Lipinski definition) is 0. The Morgan fingerprint density at radius 3 is 2.17 bits per heavy atom. The Bertz CT molecular complexity index is 218. The molecule has 1 fully saturated rings. The number of rotatable bonds is 2. The van der Waals surface area contributed by atoms with Gasteiger partial charge >= 0.3 is 5.38 Å². The van der Waals surface area contributed by atoms with E-state index in [1.54, 1.807) is 0 Å². The SMILES string of the molecule is [CH2]C(C#N)(C1CSC1)C(F)(F)Cl. The van der Waals surface area contributed by atoms with Crippen molar-refractivity contribution in [2.45, 2.75) is 5.38 Å². The van der Waals surface area contributed by atoms with Gasteiger partial charge in [0, 0.05) is 5.92 Å². The lowest BCUT2D eigenvalue weighted by Crippen LogP contribution is -2.45. The fourth-order valence-corrected chi connectivity index (χ4v) is 2.14. The van der Waals surface area contributed by atoms with Crippen LogP contribution in [0.15, 0.2) is 0 Å². The number of nitriles is 1. The molecule has 12 heavy (non-hydrogen) atoms. The molecule has 0 amide bonds. The lowest BCUT2D eigenvalue weighted by atomic mass is 9.80. The van der Waals surface area contributed by atoms with Gasteiger partial charge in [-0.15, -0.1) is 0 Å². The third-order valence-corrected chi connectivity index (χ3v) is 3.65. The molecule has 0 N–H and O–H groups in total. The van der Waals surface area contributed by atoms with Gasteiger partial charge in [0.15, 0.2) is 0 Å². The summed E-state index contributed by atoms with van der Waals surface area (Å²) in [5.74, 6) is 0.693. The number of hydrogen-bond acceptors (Lipinski definition) is 2. The van der Waals surface area contributed by atoms with Crippen LogP contribution >= 0.6 is 23.4 Å². The van der Waals surface area contributed by atoms with Gasteiger partial charge in [-0.2, -0.15) is 25.8 Å². The zero-order chi connectivity index (χ0) is 9.41. The molecule has 0 bridgehead atoms. The number of halogens is 3. The van der Waals surface area contributed by atoms with Crippen molar-refractivity contribution >= 4 is 23.4 Å². The lowest BCUT2D eigenvalue weighted by molar-refractivity contribution is -0.0124. The summed E-state index contributed by atoms with van der Waals surface area (Å²) in [6.45, 7) is 3.22. The molecular formula is C7H7ClF2NS. The quantitative estimate of drug-likeness (QED) is 0.654. The molecule has 1 aliphatic rings. The fraction of sp³-hybridized carbons (Fsp3) is 0.714. The number of thioether (sulfide) groups is 1. The minimum absolute atomic E-state index is 0.389. The van der Waals surface area contributed by atoms with Crippen molar-refractivity contribution < 1.29 is 8.78 Å². The van der Waals surface area contributed by atoms with E-state index in [0.29, 0.717) is 11.5 Å². The van der Waals surface area contributed by atoms with Crippen molar-refractivity contribution in [2.75, 3.05) is 11.5 Å². The molecule has 1 saturated heterocycles. The normalized spacial score (nSPS) is 23.9. The van der Waals surface area contributed by atoms with E-state index in [0.717, 1.165) is 0 Å².